The molecular formula is C41H37IrN4. The predicted molar refractivity (Wildman–Crippen MR) is 187 cm³/mol. The second-order valence-electron chi connectivity index (χ2n) is 12.7. The largest absolute Gasteiger partial charge is 3.00 e. The zero-order valence-electron chi connectivity index (χ0n) is 26.6. The number of fused-ring (bicyclic) bond motifs is 6. The van der Waals surface area contributed by atoms with Gasteiger partial charge in [-0.05, 0) is 92.0 Å². The Hall–Kier alpha value is -4.18. The molecule has 0 bridgehead atoms. The van der Waals surface area contributed by atoms with Gasteiger partial charge in [0.05, 0.1) is 0 Å². The minimum absolute atomic E-state index is 0. The molecule has 4 aromatic carbocycles. The van der Waals surface area contributed by atoms with Gasteiger partial charge in [-0.1, -0.05) is 49.0 Å². The average Bonchev–Trinajstić information content (AvgIpc) is 3.78. The van der Waals surface area contributed by atoms with Crippen LogP contribution in [0, 0.1) is 39.6 Å². The number of aryl methyl sites for hydroxylation is 3. The minimum atomic E-state index is 0. The van der Waals surface area contributed by atoms with Crippen LogP contribution in [0.3, 0.4) is 0 Å². The Morgan fingerprint density at radius 3 is 2.37 bits per heavy atom. The molecule has 0 saturated heterocycles. The van der Waals surface area contributed by atoms with Gasteiger partial charge in [0.2, 0.25) is 0 Å². The standard InChI is InChI=1S/C30H29N3.C11H8N.Ir/c1-19-13-21(3)29-26-15-20(2)14-25-24-17-23(9-10-27(24)33(30(25)26)28(29)16-19)32-12-11-31(18-32)22-7-5-4-6-8-22;1-2-6-10(7-3-1)11-8-4-5-9-12-11;/h10-18,22H,4-8H2,1-3H3;1-6,8-9H;/q-2;-1;+3. The first-order valence-electron chi connectivity index (χ1n) is 16.1. The molecule has 230 valence electrons. The second kappa shape index (κ2) is 12.5. The fourth-order valence-corrected chi connectivity index (χ4v) is 7.46. The van der Waals surface area contributed by atoms with E-state index < -0.39 is 0 Å². The summed E-state index contributed by atoms with van der Waals surface area (Å²) in [5, 5.41) is 5.41. The SMILES string of the molecule is Cc1cc2c3cc(N4C=CN(C5CCCCC5)[CH-]4)[c-]cc3n3c4cc(C)cc(C)c4c(c1)c23.[Ir+3].[c-]1ccccc1-c1ccccn1. The summed E-state index contributed by atoms with van der Waals surface area (Å²) in [5.41, 5.74) is 11.0. The van der Waals surface area contributed by atoms with Crippen LogP contribution in [-0.2, 0) is 20.1 Å². The molecule has 4 nitrogen and oxygen atoms in total. The van der Waals surface area contributed by atoms with Gasteiger partial charge < -0.3 is 19.2 Å². The molecule has 0 amide bonds. The van der Waals surface area contributed by atoms with Crippen LogP contribution in [-0.4, -0.2) is 20.3 Å². The quantitative estimate of drug-likeness (QED) is 0.167. The molecule has 3 aromatic heterocycles. The van der Waals surface area contributed by atoms with Crippen LogP contribution < -0.4 is 4.90 Å². The molecule has 7 aromatic rings. The molecular weight excluding hydrogens is 741 g/mol. The van der Waals surface area contributed by atoms with Gasteiger partial charge in [-0.3, -0.25) is 0 Å². The summed E-state index contributed by atoms with van der Waals surface area (Å²) < 4.78 is 2.47. The van der Waals surface area contributed by atoms with E-state index in [2.05, 4.69) is 108 Å². The monoisotopic (exact) mass is 778 g/mol. The van der Waals surface area contributed by atoms with Crippen LogP contribution in [0.15, 0.2) is 97.5 Å². The van der Waals surface area contributed by atoms with Gasteiger partial charge in [0.25, 0.3) is 0 Å². The summed E-state index contributed by atoms with van der Waals surface area (Å²) in [7, 11) is 0. The topological polar surface area (TPSA) is 23.8 Å². The third-order valence-electron chi connectivity index (χ3n) is 9.47. The molecule has 0 atom stereocenters. The van der Waals surface area contributed by atoms with Gasteiger partial charge in [-0.15, -0.1) is 53.0 Å². The van der Waals surface area contributed by atoms with E-state index >= 15 is 0 Å². The number of aromatic nitrogens is 2. The molecule has 0 radical (unpaired) electrons. The number of rotatable bonds is 3. The van der Waals surface area contributed by atoms with Crippen molar-refractivity contribution >= 4 is 43.8 Å². The number of anilines is 1. The van der Waals surface area contributed by atoms with Crippen molar-refractivity contribution < 1.29 is 20.1 Å². The van der Waals surface area contributed by atoms with E-state index in [0.717, 1.165) is 16.9 Å². The summed E-state index contributed by atoms with van der Waals surface area (Å²) in [6, 6.07) is 34.9. The van der Waals surface area contributed by atoms with Gasteiger partial charge >= 0.3 is 20.1 Å². The summed E-state index contributed by atoms with van der Waals surface area (Å²) >= 11 is 0. The molecule has 9 rings (SSSR count). The molecule has 0 spiro atoms. The van der Waals surface area contributed by atoms with Gasteiger partial charge in [0.1, 0.15) is 0 Å². The normalized spacial score (nSPS) is 15.2. The van der Waals surface area contributed by atoms with Crippen molar-refractivity contribution in [3.8, 4) is 11.3 Å². The van der Waals surface area contributed by atoms with Crippen molar-refractivity contribution in [1.29, 1.82) is 0 Å². The zero-order valence-corrected chi connectivity index (χ0v) is 28.9. The zero-order chi connectivity index (χ0) is 30.5. The predicted octanol–water partition coefficient (Wildman–Crippen LogP) is 10.2. The fraction of sp³-hybridized carbons (Fsp3) is 0.220. The molecule has 1 aliphatic heterocycles. The van der Waals surface area contributed by atoms with Crippen LogP contribution in [0.25, 0.3) is 49.4 Å². The van der Waals surface area contributed by atoms with E-state index in [1.54, 1.807) is 6.20 Å². The number of pyridine rings is 1. The van der Waals surface area contributed by atoms with Crippen LogP contribution in [0.1, 0.15) is 48.8 Å². The molecule has 46 heavy (non-hydrogen) atoms. The molecule has 2 aliphatic rings. The van der Waals surface area contributed by atoms with Crippen molar-refractivity contribution in [2.24, 2.45) is 0 Å². The maximum absolute atomic E-state index is 4.22. The van der Waals surface area contributed by atoms with Crippen LogP contribution in [0.5, 0.6) is 0 Å². The van der Waals surface area contributed by atoms with Crippen molar-refractivity contribution in [3.63, 3.8) is 0 Å². The van der Waals surface area contributed by atoms with Crippen molar-refractivity contribution in [2.45, 2.75) is 58.9 Å². The van der Waals surface area contributed by atoms with Crippen LogP contribution >= 0.6 is 0 Å². The van der Waals surface area contributed by atoms with E-state index in [1.165, 1.54) is 86.9 Å². The Balaban J connectivity index is 0.000000220. The number of benzene rings is 4. The van der Waals surface area contributed by atoms with Crippen LogP contribution in [0.4, 0.5) is 5.69 Å². The first-order chi connectivity index (χ1) is 22.0. The first kappa shape index (κ1) is 30.5. The smallest absolute Gasteiger partial charge is 0.505 e. The molecule has 1 saturated carbocycles. The van der Waals surface area contributed by atoms with Gasteiger partial charge in [-0.2, -0.15) is 18.8 Å². The summed E-state index contributed by atoms with van der Waals surface area (Å²) in [5.74, 6) is 0. The number of hydrogen-bond donors (Lipinski definition) is 0. The summed E-state index contributed by atoms with van der Waals surface area (Å²) in [6.45, 7) is 8.92. The Kier molecular flexibility index (Phi) is 8.31. The van der Waals surface area contributed by atoms with Crippen molar-refractivity contribution in [2.75, 3.05) is 4.90 Å². The molecule has 1 fully saturated rings. The summed E-state index contributed by atoms with van der Waals surface area (Å²) in [6.07, 6.45) is 12.9. The summed E-state index contributed by atoms with van der Waals surface area (Å²) in [4.78, 5) is 8.87. The van der Waals surface area contributed by atoms with Gasteiger partial charge in [0.15, 0.2) is 0 Å². The molecule has 0 unspecified atom stereocenters. The number of nitrogens with zero attached hydrogens (tertiary/aromatic N) is 4. The van der Waals surface area contributed by atoms with E-state index in [0.29, 0.717) is 6.04 Å². The van der Waals surface area contributed by atoms with Gasteiger partial charge in [0, 0.05) is 34.0 Å². The fourth-order valence-electron chi connectivity index (χ4n) is 7.46. The molecule has 1 aliphatic carbocycles. The first-order valence-corrected chi connectivity index (χ1v) is 16.1. The van der Waals surface area contributed by atoms with E-state index in [-0.39, 0.29) is 20.1 Å². The molecule has 4 heterocycles. The van der Waals surface area contributed by atoms with Gasteiger partial charge in [-0.25, -0.2) is 0 Å². The van der Waals surface area contributed by atoms with Crippen molar-refractivity contribution in [1.82, 2.24) is 14.3 Å². The molecule has 5 heteroatoms. The second-order valence-corrected chi connectivity index (χ2v) is 12.7. The Morgan fingerprint density at radius 2 is 1.59 bits per heavy atom. The number of hydrogen-bond acceptors (Lipinski definition) is 3. The van der Waals surface area contributed by atoms with E-state index in [4.69, 9.17) is 0 Å². The van der Waals surface area contributed by atoms with Crippen molar-refractivity contribution in [3.05, 3.63) is 133 Å². The maximum atomic E-state index is 4.22. The third kappa shape index (κ3) is 5.36. The Labute approximate surface area is 285 Å². The van der Waals surface area contributed by atoms with E-state index in [1.807, 2.05) is 42.5 Å². The Morgan fingerprint density at radius 1 is 0.783 bits per heavy atom. The molecule has 0 N–H and O–H groups in total. The third-order valence-corrected chi connectivity index (χ3v) is 9.47. The van der Waals surface area contributed by atoms with E-state index in [9.17, 15) is 0 Å². The average molecular weight is 778 g/mol. The minimum Gasteiger partial charge on any atom is -0.505 e. The maximum Gasteiger partial charge on any atom is 3.00 e. The Bertz CT molecular complexity index is 2120. The van der Waals surface area contributed by atoms with Crippen LogP contribution in [0.2, 0.25) is 0 Å².